The van der Waals surface area contributed by atoms with Crippen LogP contribution in [0.2, 0.25) is 0 Å². The van der Waals surface area contributed by atoms with Crippen LogP contribution >= 0.6 is 11.3 Å². The van der Waals surface area contributed by atoms with E-state index in [9.17, 15) is 9.59 Å². The Morgan fingerprint density at radius 2 is 2.04 bits per heavy atom. The summed E-state index contributed by atoms with van der Waals surface area (Å²) in [6.45, 7) is 3.04. The number of hydrogen-bond acceptors (Lipinski definition) is 5. The largest absolute Gasteiger partial charge is 0.462 e. The number of thiophene rings is 1. The maximum Gasteiger partial charge on any atom is 0.341 e. The number of hydrogen-bond donors (Lipinski definition) is 3. The monoisotopic (exact) mass is 363 g/mol. The van der Waals surface area contributed by atoms with Crippen molar-refractivity contribution in [1.82, 2.24) is 0 Å². The summed E-state index contributed by atoms with van der Waals surface area (Å²) in [5, 5.41) is 15.7. The lowest BCUT2D eigenvalue weighted by Gasteiger charge is -2.08. The molecule has 2 aromatic rings. The maximum atomic E-state index is 12.4. The quantitative estimate of drug-likeness (QED) is 0.465. The molecule has 1 aromatic heterocycles. The number of quaternary nitrogens is 1. The average Bonchev–Trinajstić information content (AvgIpc) is 3.03. The lowest BCUT2D eigenvalue weighted by atomic mass is 10.0. The second kappa shape index (κ2) is 9.93. The normalized spacial score (nSPS) is 10.5. The van der Waals surface area contributed by atoms with E-state index in [1.165, 1.54) is 11.3 Å². The molecule has 2 rings (SSSR count). The highest BCUT2D eigenvalue weighted by Gasteiger charge is 2.22. The Hall–Kier alpha value is -2.22. The van der Waals surface area contributed by atoms with Crippen molar-refractivity contribution in [2.45, 2.75) is 13.3 Å². The predicted octanol–water partition coefficient (Wildman–Crippen LogP) is 1.48. The molecule has 0 aliphatic heterocycles. The van der Waals surface area contributed by atoms with Gasteiger partial charge in [-0.2, -0.15) is 0 Å². The zero-order chi connectivity index (χ0) is 18.1. The highest BCUT2D eigenvalue weighted by Crippen LogP contribution is 2.36. The van der Waals surface area contributed by atoms with E-state index in [0.29, 0.717) is 23.5 Å². The maximum absolute atomic E-state index is 12.4. The van der Waals surface area contributed by atoms with Gasteiger partial charge in [0.1, 0.15) is 10.6 Å². The third kappa shape index (κ3) is 5.38. The molecule has 0 atom stereocenters. The van der Waals surface area contributed by atoms with Crippen molar-refractivity contribution in [2.75, 3.05) is 31.6 Å². The fourth-order valence-electron chi connectivity index (χ4n) is 2.33. The van der Waals surface area contributed by atoms with Crippen LogP contribution in [0.15, 0.2) is 35.7 Å². The van der Waals surface area contributed by atoms with Crippen LogP contribution in [0.3, 0.4) is 0 Å². The number of benzene rings is 1. The Kier molecular flexibility index (Phi) is 7.59. The van der Waals surface area contributed by atoms with Gasteiger partial charge in [0.25, 0.3) is 5.91 Å². The van der Waals surface area contributed by atoms with Gasteiger partial charge in [-0.1, -0.05) is 30.3 Å². The van der Waals surface area contributed by atoms with Crippen LogP contribution in [0.1, 0.15) is 23.7 Å². The van der Waals surface area contributed by atoms with Crippen molar-refractivity contribution in [2.24, 2.45) is 0 Å². The standard InChI is InChI=1S/C18H22N2O4S/c1-2-24-18(23)16-14(13-7-4-3-5-8-13)12-25-17(16)20-15(22)11-19-9-6-10-21/h3-5,7-8,12,19,21H,2,6,9-11H2,1H3,(H,20,22)/p+1. The molecule has 0 radical (unpaired) electrons. The summed E-state index contributed by atoms with van der Waals surface area (Å²) >= 11 is 1.31. The zero-order valence-corrected chi connectivity index (χ0v) is 15.0. The lowest BCUT2D eigenvalue weighted by molar-refractivity contribution is -0.644. The number of nitrogens with one attached hydrogen (secondary N) is 1. The van der Waals surface area contributed by atoms with Crippen molar-refractivity contribution in [3.05, 3.63) is 41.3 Å². The molecule has 1 aromatic carbocycles. The Bertz CT molecular complexity index is 700. The second-order valence-electron chi connectivity index (χ2n) is 5.35. The fraction of sp³-hybridized carbons (Fsp3) is 0.333. The Morgan fingerprint density at radius 1 is 1.28 bits per heavy atom. The highest BCUT2D eigenvalue weighted by molar-refractivity contribution is 7.15. The average molecular weight is 363 g/mol. The van der Waals surface area contributed by atoms with E-state index in [0.717, 1.165) is 11.1 Å². The summed E-state index contributed by atoms with van der Waals surface area (Å²) in [5.41, 5.74) is 2.04. The zero-order valence-electron chi connectivity index (χ0n) is 14.2. The van der Waals surface area contributed by atoms with Gasteiger partial charge in [0.15, 0.2) is 6.54 Å². The van der Waals surface area contributed by atoms with Gasteiger partial charge >= 0.3 is 5.97 Å². The van der Waals surface area contributed by atoms with Gasteiger partial charge in [-0.15, -0.1) is 11.3 Å². The second-order valence-corrected chi connectivity index (χ2v) is 6.23. The van der Waals surface area contributed by atoms with E-state index in [1.54, 1.807) is 6.92 Å². The van der Waals surface area contributed by atoms with Gasteiger partial charge in [-0.3, -0.25) is 4.79 Å². The molecule has 6 nitrogen and oxygen atoms in total. The van der Waals surface area contributed by atoms with Gasteiger partial charge < -0.3 is 20.5 Å². The Morgan fingerprint density at radius 3 is 2.72 bits per heavy atom. The van der Waals surface area contributed by atoms with Crippen molar-refractivity contribution in [3.63, 3.8) is 0 Å². The van der Waals surface area contributed by atoms with Crippen LogP contribution in [0, 0.1) is 0 Å². The van der Waals surface area contributed by atoms with Crippen LogP contribution in [0.5, 0.6) is 0 Å². The summed E-state index contributed by atoms with van der Waals surface area (Å²) in [4.78, 5) is 24.5. The van der Waals surface area contributed by atoms with E-state index in [1.807, 2.05) is 41.0 Å². The summed E-state index contributed by atoms with van der Waals surface area (Å²) in [6.07, 6.45) is 0.637. The third-order valence-corrected chi connectivity index (χ3v) is 4.40. The van der Waals surface area contributed by atoms with Crippen molar-refractivity contribution in [1.29, 1.82) is 0 Å². The number of anilines is 1. The van der Waals surface area contributed by atoms with Crippen molar-refractivity contribution < 1.29 is 24.7 Å². The molecule has 25 heavy (non-hydrogen) atoms. The third-order valence-electron chi connectivity index (χ3n) is 3.50. The number of amides is 1. The molecule has 4 N–H and O–H groups in total. The molecule has 1 heterocycles. The summed E-state index contributed by atoms with van der Waals surface area (Å²) in [5.74, 6) is -0.632. The van der Waals surface area contributed by atoms with Gasteiger partial charge in [0.05, 0.1) is 13.2 Å². The van der Waals surface area contributed by atoms with Crippen molar-refractivity contribution >= 4 is 28.2 Å². The molecule has 0 aliphatic carbocycles. The topological polar surface area (TPSA) is 92.2 Å². The molecule has 0 fully saturated rings. The molecule has 134 valence electrons. The molecule has 1 amide bonds. The summed E-state index contributed by atoms with van der Waals surface area (Å²) in [7, 11) is 0. The predicted molar refractivity (Wildman–Crippen MR) is 97.7 cm³/mol. The number of ether oxygens (including phenoxy) is 1. The number of carbonyl (C=O) groups is 2. The van der Waals surface area contributed by atoms with Gasteiger partial charge in [-0.25, -0.2) is 4.79 Å². The van der Waals surface area contributed by atoms with Crippen LogP contribution < -0.4 is 10.6 Å². The minimum atomic E-state index is -0.442. The van der Waals surface area contributed by atoms with E-state index in [2.05, 4.69) is 5.32 Å². The number of nitrogens with two attached hydrogens (primary N) is 1. The molecule has 7 heteroatoms. The molecular formula is C18H23N2O4S+. The number of esters is 1. The van der Waals surface area contributed by atoms with E-state index >= 15 is 0 Å². The molecular weight excluding hydrogens is 340 g/mol. The number of carbonyl (C=O) groups excluding carboxylic acids is 2. The van der Waals surface area contributed by atoms with Crippen LogP contribution in [0.4, 0.5) is 5.00 Å². The molecule has 0 spiro atoms. The lowest BCUT2D eigenvalue weighted by Crippen LogP contribution is -2.86. The van der Waals surface area contributed by atoms with E-state index in [4.69, 9.17) is 9.84 Å². The van der Waals surface area contributed by atoms with Gasteiger partial charge in [-0.05, 0) is 12.5 Å². The first-order valence-electron chi connectivity index (χ1n) is 8.23. The summed E-state index contributed by atoms with van der Waals surface area (Å²) < 4.78 is 5.16. The van der Waals surface area contributed by atoms with Crippen LogP contribution in [0.25, 0.3) is 11.1 Å². The van der Waals surface area contributed by atoms with Crippen molar-refractivity contribution in [3.8, 4) is 11.1 Å². The number of aliphatic hydroxyl groups is 1. The minimum absolute atomic E-state index is 0.108. The smallest absolute Gasteiger partial charge is 0.341 e. The van der Waals surface area contributed by atoms with Crippen LogP contribution in [-0.2, 0) is 9.53 Å². The molecule has 0 aliphatic rings. The molecule has 0 unspecified atom stereocenters. The first kappa shape index (κ1) is 19.1. The molecule has 0 saturated heterocycles. The van der Waals surface area contributed by atoms with E-state index in [-0.39, 0.29) is 25.7 Å². The highest BCUT2D eigenvalue weighted by atomic mass is 32.1. The summed E-state index contributed by atoms with van der Waals surface area (Å²) in [6, 6.07) is 9.54. The SMILES string of the molecule is CCOC(=O)c1c(-c2ccccc2)csc1NC(=O)C[NH2+]CCCO. The van der Waals surface area contributed by atoms with Gasteiger partial charge in [0.2, 0.25) is 0 Å². The first-order valence-corrected chi connectivity index (χ1v) is 9.11. The Balaban J connectivity index is 2.19. The number of aliphatic hydroxyl groups excluding tert-OH is 1. The van der Waals surface area contributed by atoms with Crippen LogP contribution in [-0.4, -0.2) is 43.3 Å². The minimum Gasteiger partial charge on any atom is -0.462 e. The van der Waals surface area contributed by atoms with Gasteiger partial charge in [0, 0.05) is 24.0 Å². The fourth-order valence-corrected chi connectivity index (χ4v) is 3.31. The Labute approximate surface area is 150 Å². The first-order chi connectivity index (χ1) is 12.2. The molecule has 0 bridgehead atoms. The number of rotatable bonds is 9. The molecule has 0 saturated carbocycles. The van der Waals surface area contributed by atoms with E-state index < -0.39 is 5.97 Å².